The lowest BCUT2D eigenvalue weighted by atomic mass is 10.0. The second kappa shape index (κ2) is 6.75. The number of alkyl halides is 1. The number of hydrogen-bond acceptors (Lipinski definition) is 2. The van der Waals surface area contributed by atoms with E-state index in [9.17, 15) is 8.42 Å². The third kappa shape index (κ3) is 3.54. The van der Waals surface area contributed by atoms with E-state index in [1.807, 2.05) is 19.1 Å². The Morgan fingerprint density at radius 2 is 1.95 bits per heavy atom. The summed E-state index contributed by atoms with van der Waals surface area (Å²) in [5, 5.41) is 0. The molecule has 2 rings (SSSR count). The lowest BCUT2D eigenvalue weighted by Crippen LogP contribution is -2.46. The van der Waals surface area contributed by atoms with Crippen LogP contribution in [0.5, 0.6) is 0 Å². The van der Waals surface area contributed by atoms with Crippen LogP contribution >= 0.6 is 22.6 Å². The van der Waals surface area contributed by atoms with Gasteiger partial charge in [-0.2, -0.15) is 4.31 Å². The lowest BCUT2D eigenvalue weighted by molar-refractivity contribution is 0.248. The predicted molar refractivity (Wildman–Crippen MR) is 90.8 cm³/mol. The van der Waals surface area contributed by atoms with E-state index in [0.29, 0.717) is 15.4 Å². The molecule has 2 atom stereocenters. The Labute approximate surface area is 135 Å². The minimum Gasteiger partial charge on any atom is -0.207 e. The van der Waals surface area contributed by atoms with Gasteiger partial charge in [-0.15, -0.1) is 0 Å². The highest BCUT2D eigenvalue weighted by atomic mass is 127. The van der Waals surface area contributed by atoms with Gasteiger partial charge in [-0.05, 0) is 38.3 Å². The van der Waals surface area contributed by atoms with E-state index in [-0.39, 0.29) is 6.04 Å². The van der Waals surface area contributed by atoms with Crippen LogP contribution in [0.4, 0.5) is 0 Å². The Kier molecular flexibility index (Phi) is 5.48. The Bertz CT molecular complexity index is 541. The van der Waals surface area contributed by atoms with Crippen molar-refractivity contribution in [3.8, 4) is 0 Å². The molecule has 0 aliphatic carbocycles. The van der Waals surface area contributed by atoms with Gasteiger partial charge in [0.2, 0.25) is 10.0 Å². The highest BCUT2D eigenvalue weighted by Crippen LogP contribution is 2.31. The predicted octanol–water partition coefficient (Wildman–Crippen LogP) is 3.75. The minimum atomic E-state index is -3.34. The van der Waals surface area contributed by atoms with E-state index in [0.717, 1.165) is 31.2 Å². The summed E-state index contributed by atoms with van der Waals surface area (Å²) >= 11 is 2.45. The molecule has 20 heavy (non-hydrogen) atoms. The maximum atomic E-state index is 12.8. The van der Waals surface area contributed by atoms with Gasteiger partial charge < -0.3 is 0 Å². The van der Waals surface area contributed by atoms with Crippen LogP contribution in [0.3, 0.4) is 0 Å². The maximum absolute atomic E-state index is 12.8. The summed E-state index contributed by atoms with van der Waals surface area (Å²) < 4.78 is 28.0. The van der Waals surface area contributed by atoms with Crippen molar-refractivity contribution in [3.05, 3.63) is 29.8 Å². The van der Waals surface area contributed by atoms with Gasteiger partial charge in [0.1, 0.15) is 0 Å². The molecule has 0 amide bonds. The molecule has 0 spiro atoms. The highest BCUT2D eigenvalue weighted by molar-refractivity contribution is 14.1. The fourth-order valence-electron chi connectivity index (χ4n) is 2.74. The van der Waals surface area contributed by atoms with Gasteiger partial charge >= 0.3 is 0 Å². The first kappa shape index (κ1) is 16.2. The van der Waals surface area contributed by atoms with Gasteiger partial charge in [-0.3, -0.25) is 0 Å². The summed E-state index contributed by atoms with van der Waals surface area (Å²) in [5.41, 5.74) is 1.08. The van der Waals surface area contributed by atoms with Crippen LogP contribution in [0.2, 0.25) is 0 Å². The molecule has 1 aliphatic rings. The second-order valence-electron chi connectivity index (χ2n) is 5.49. The molecule has 0 radical (unpaired) electrons. The maximum Gasteiger partial charge on any atom is 0.243 e. The zero-order chi connectivity index (χ0) is 14.8. The van der Waals surface area contributed by atoms with Crippen LogP contribution in [0.15, 0.2) is 29.2 Å². The number of nitrogens with zero attached hydrogens (tertiary/aromatic N) is 1. The number of benzene rings is 1. The van der Waals surface area contributed by atoms with Crippen molar-refractivity contribution < 1.29 is 8.42 Å². The molecule has 1 fully saturated rings. The fourth-order valence-corrected chi connectivity index (χ4v) is 5.28. The quantitative estimate of drug-likeness (QED) is 0.563. The first-order valence-corrected chi connectivity index (χ1v) is 9.86. The van der Waals surface area contributed by atoms with Crippen LogP contribution in [0.1, 0.15) is 38.2 Å². The van der Waals surface area contributed by atoms with Crippen LogP contribution in [0, 0.1) is 6.92 Å². The molecule has 0 N–H and O–H groups in total. The van der Waals surface area contributed by atoms with Crippen LogP contribution < -0.4 is 0 Å². The molecule has 0 aromatic heterocycles. The smallest absolute Gasteiger partial charge is 0.207 e. The van der Waals surface area contributed by atoms with Crippen LogP contribution in [0.25, 0.3) is 0 Å². The van der Waals surface area contributed by atoms with Gasteiger partial charge in [0.25, 0.3) is 0 Å². The topological polar surface area (TPSA) is 37.4 Å². The normalized spacial score (nSPS) is 24.8. The molecular weight excluding hydrogens is 385 g/mol. The molecule has 1 aromatic rings. The van der Waals surface area contributed by atoms with E-state index in [1.165, 1.54) is 0 Å². The number of halogens is 1. The first-order chi connectivity index (χ1) is 9.45. The molecule has 1 saturated heterocycles. The third-order valence-corrected chi connectivity index (χ3v) is 6.94. The molecule has 3 nitrogen and oxygen atoms in total. The van der Waals surface area contributed by atoms with Crippen molar-refractivity contribution in [1.29, 1.82) is 0 Å². The van der Waals surface area contributed by atoms with Crippen LogP contribution in [-0.4, -0.2) is 29.2 Å². The Balaban J connectivity index is 2.29. The molecule has 1 aromatic carbocycles. The molecule has 0 unspecified atom stereocenters. The van der Waals surface area contributed by atoms with Crippen LogP contribution in [-0.2, 0) is 10.0 Å². The van der Waals surface area contributed by atoms with Gasteiger partial charge in [0, 0.05) is 16.5 Å². The molecule has 112 valence electrons. The molecule has 0 bridgehead atoms. The second-order valence-corrected chi connectivity index (χ2v) is 9.15. The van der Waals surface area contributed by atoms with Gasteiger partial charge in [-0.25, -0.2) is 8.42 Å². The number of sulfonamides is 1. The Morgan fingerprint density at radius 1 is 1.30 bits per heavy atom. The average molecular weight is 407 g/mol. The SMILES string of the molecule is CCC[C@@H]1C[C@@H](I)CCN1S(=O)(=O)c1ccc(C)cc1. The van der Waals surface area contributed by atoms with E-state index < -0.39 is 10.0 Å². The number of aryl methyl sites for hydroxylation is 1. The number of rotatable bonds is 4. The summed E-state index contributed by atoms with van der Waals surface area (Å²) in [5.74, 6) is 0. The number of piperidine rings is 1. The standard InChI is InChI=1S/C15H22INO2S/c1-3-4-14-11-13(16)9-10-17(14)20(18,19)15-7-5-12(2)6-8-15/h5-8,13-14H,3-4,9-11H2,1-2H3/t13-,14+/m0/s1. The van der Waals surface area contributed by atoms with Crippen molar-refractivity contribution in [2.24, 2.45) is 0 Å². The average Bonchev–Trinajstić information content (AvgIpc) is 2.39. The van der Waals surface area contributed by atoms with E-state index in [1.54, 1.807) is 16.4 Å². The van der Waals surface area contributed by atoms with Gasteiger partial charge in [0.15, 0.2) is 0 Å². The van der Waals surface area contributed by atoms with Gasteiger partial charge in [0.05, 0.1) is 4.90 Å². The van der Waals surface area contributed by atoms with E-state index in [4.69, 9.17) is 0 Å². The Morgan fingerprint density at radius 3 is 2.55 bits per heavy atom. The lowest BCUT2D eigenvalue weighted by Gasteiger charge is -2.36. The molecule has 1 heterocycles. The van der Waals surface area contributed by atoms with Crippen molar-refractivity contribution >= 4 is 32.6 Å². The summed E-state index contributed by atoms with van der Waals surface area (Å²) in [7, 11) is -3.34. The van der Waals surface area contributed by atoms with E-state index in [2.05, 4.69) is 29.5 Å². The number of hydrogen-bond donors (Lipinski definition) is 0. The zero-order valence-corrected chi connectivity index (χ0v) is 15.0. The Hall–Kier alpha value is -0.140. The van der Waals surface area contributed by atoms with E-state index >= 15 is 0 Å². The zero-order valence-electron chi connectivity index (χ0n) is 12.0. The summed E-state index contributed by atoms with van der Waals surface area (Å²) in [6, 6.07) is 7.34. The molecule has 1 aliphatic heterocycles. The van der Waals surface area contributed by atoms with Crippen molar-refractivity contribution in [2.75, 3.05) is 6.54 Å². The summed E-state index contributed by atoms with van der Waals surface area (Å²) in [6.07, 6.45) is 3.89. The monoisotopic (exact) mass is 407 g/mol. The van der Waals surface area contributed by atoms with Crippen molar-refractivity contribution in [2.45, 2.75) is 54.4 Å². The molecular formula is C15H22INO2S. The fraction of sp³-hybridized carbons (Fsp3) is 0.600. The van der Waals surface area contributed by atoms with Gasteiger partial charge in [-0.1, -0.05) is 53.6 Å². The first-order valence-electron chi connectivity index (χ1n) is 7.17. The third-order valence-electron chi connectivity index (χ3n) is 3.85. The minimum absolute atomic E-state index is 0.155. The largest absolute Gasteiger partial charge is 0.243 e. The van der Waals surface area contributed by atoms with Crippen molar-refractivity contribution in [3.63, 3.8) is 0 Å². The summed E-state index contributed by atoms with van der Waals surface area (Å²) in [6.45, 7) is 4.74. The van der Waals surface area contributed by atoms with Crippen molar-refractivity contribution in [1.82, 2.24) is 4.31 Å². The molecule has 0 saturated carbocycles. The highest BCUT2D eigenvalue weighted by Gasteiger charge is 2.35. The summed E-state index contributed by atoms with van der Waals surface area (Å²) in [4.78, 5) is 0.427. The molecule has 5 heteroatoms.